The Kier molecular flexibility index (Phi) is 4.08. The van der Waals surface area contributed by atoms with Crippen LogP contribution in [0.25, 0.3) is 10.8 Å². The van der Waals surface area contributed by atoms with E-state index in [2.05, 4.69) is 5.32 Å². The van der Waals surface area contributed by atoms with Gasteiger partial charge in [0.1, 0.15) is 11.3 Å². The Morgan fingerprint density at radius 2 is 1.88 bits per heavy atom. The molecule has 2 aromatic rings. The molecule has 3 N–H and O–H groups in total. The molecular weight excluding hydrogens is 322 g/mol. The van der Waals surface area contributed by atoms with Gasteiger partial charge < -0.3 is 15.8 Å². The molecular formula is C18H19N3O4. The summed E-state index contributed by atoms with van der Waals surface area (Å²) in [6, 6.07) is 10.7. The van der Waals surface area contributed by atoms with Crippen molar-refractivity contribution in [2.24, 2.45) is 5.73 Å². The summed E-state index contributed by atoms with van der Waals surface area (Å²) in [5.41, 5.74) is 4.60. The van der Waals surface area contributed by atoms with Crippen LogP contribution in [0, 0.1) is 0 Å². The fraction of sp³-hybridized carbons (Fsp3) is 0.278. The number of hydrogen-bond acceptors (Lipinski definition) is 4. The predicted molar refractivity (Wildman–Crippen MR) is 91.9 cm³/mol. The number of primary amides is 1. The maximum atomic E-state index is 12.8. The molecule has 2 aromatic carbocycles. The van der Waals surface area contributed by atoms with Gasteiger partial charge in [-0.3, -0.25) is 14.5 Å². The molecule has 0 saturated carbocycles. The summed E-state index contributed by atoms with van der Waals surface area (Å²) in [6.45, 7) is 1.63. The highest BCUT2D eigenvalue weighted by molar-refractivity contribution is 6.07. The molecule has 7 heteroatoms. The number of imide groups is 1. The molecule has 1 saturated heterocycles. The molecule has 0 unspecified atom stereocenters. The number of hydrogen-bond donors (Lipinski definition) is 2. The van der Waals surface area contributed by atoms with E-state index in [-0.39, 0.29) is 13.0 Å². The zero-order valence-corrected chi connectivity index (χ0v) is 14.0. The Morgan fingerprint density at radius 3 is 2.56 bits per heavy atom. The van der Waals surface area contributed by atoms with Crippen molar-refractivity contribution in [3.8, 4) is 5.75 Å². The van der Waals surface area contributed by atoms with E-state index < -0.39 is 23.4 Å². The minimum atomic E-state index is -1.18. The van der Waals surface area contributed by atoms with Crippen LogP contribution in [0.1, 0.15) is 18.9 Å². The van der Waals surface area contributed by atoms with Crippen LogP contribution < -0.4 is 15.8 Å². The summed E-state index contributed by atoms with van der Waals surface area (Å²) in [5.74, 6) is -0.213. The highest BCUT2D eigenvalue weighted by Gasteiger charge is 2.48. The van der Waals surface area contributed by atoms with Crippen molar-refractivity contribution in [3.05, 3.63) is 42.0 Å². The van der Waals surface area contributed by atoms with Crippen molar-refractivity contribution in [2.75, 3.05) is 13.7 Å². The SMILES string of the molecule is COc1ccc2cc([C@]3(C)NC(=O)N(CCC(N)=O)C3=O)ccc2c1. The van der Waals surface area contributed by atoms with Crippen LogP contribution in [-0.4, -0.2) is 36.4 Å². The first-order chi connectivity index (χ1) is 11.8. The van der Waals surface area contributed by atoms with Gasteiger partial charge in [-0.05, 0) is 41.5 Å². The average Bonchev–Trinajstić information content (AvgIpc) is 2.82. The fourth-order valence-corrected chi connectivity index (χ4v) is 2.98. The van der Waals surface area contributed by atoms with Gasteiger partial charge in [-0.1, -0.05) is 18.2 Å². The zero-order valence-electron chi connectivity index (χ0n) is 14.0. The standard InChI is InChI=1S/C18H19N3O4/c1-18(16(23)21(17(24)20-18)8-7-15(19)22)13-5-3-12-10-14(25-2)6-4-11(12)9-13/h3-6,9-10H,7-8H2,1-2H3,(H2,19,22)(H,20,24)/t18-/m0/s1. The Morgan fingerprint density at radius 1 is 1.20 bits per heavy atom. The van der Waals surface area contributed by atoms with E-state index in [0.717, 1.165) is 21.4 Å². The van der Waals surface area contributed by atoms with E-state index in [4.69, 9.17) is 10.5 Å². The molecule has 1 fully saturated rings. The van der Waals surface area contributed by atoms with Crippen molar-refractivity contribution in [1.29, 1.82) is 0 Å². The molecule has 0 spiro atoms. The van der Waals surface area contributed by atoms with Crippen LogP contribution in [-0.2, 0) is 15.1 Å². The van der Waals surface area contributed by atoms with Crippen molar-refractivity contribution < 1.29 is 19.1 Å². The lowest BCUT2D eigenvalue weighted by molar-refractivity contribution is -0.131. The van der Waals surface area contributed by atoms with Gasteiger partial charge in [0.2, 0.25) is 5.91 Å². The predicted octanol–water partition coefficient (Wildman–Crippen LogP) is 1.49. The monoisotopic (exact) mass is 341 g/mol. The fourth-order valence-electron chi connectivity index (χ4n) is 2.98. The number of ether oxygens (including phenoxy) is 1. The maximum absolute atomic E-state index is 12.8. The van der Waals surface area contributed by atoms with Crippen molar-refractivity contribution in [2.45, 2.75) is 18.9 Å². The maximum Gasteiger partial charge on any atom is 0.325 e. The molecule has 0 aliphatic carbocycles. The van der Waals surface area contributed by atoms with Crippen molar-refractivity contribution >= 4 is 28.6 Å². The van der Waals surface area contributed by atoms with Crippen LogP contribution in [0.2, 0.25) is 0 Å². The third kappa shape index (κ3) is 2.88. The lowest BCUT2D eigenvalue weighted by Crippen LogP contribution is -2.41. The first-order valence-electron chi connectivity index (χ1n) is 7.86. The third-order valence-electron chi connectivity index (χ3n) is 4.48. The summed E-state index contributed by atoms with van der Waals surface area (Å²) in [7, 11) is 1.60. The normalized spacial score (nSPS) is 20.0. The molecule has 1 heterocycles. The minimum Gasteiger partial charge on any atom is -0.497 e. The van der Waals surface area contributed by atoms with Gasteiger partial charge in [0.05, 0.1) is 7.11 Å². The number of nitrogens with two attached hydrogens (primary N) is 1. The molecule has 7 nitrogen and oxygen atoms in total. The van der Waals surface area contributed by atoms with E-state index in [1.807, 2.05) is 30.3 Å². The van der Waals surface area contributed by atoms with Crippen LogP contribution in [0.5, 0.6) is 5.75 Å². The third-order valence-corrected chi connectivity index (χ3v) is 4.48. The van der Waals surface area contributed by atoms with E-state index in [1.165, 1.54) is 0 Å². The van der Waals surface area contributed by atoms with Gasteiger partial charge in [0.15, 0.2) is 0 Å². The minimum absolute atomic E-state index is 0.0274. The summed E-state index contributed by atoms with van der Waals surface area (Å²) in [4.78, 5) is 36.9. The number of fused-ring (bicyclic) bond motifs is 1. The van der Waals surface area contributed by atoms with Gasteiger partial charge in [-0.2, -0.15) is 0 Å². The molecule has 0 aromatic heterocycles. The van der Waals surface area contributed by atoms with Crippen LogP contribution in [0.15, 0.2) is 36.4 Å². The Labute approximate surface area is 144 Å². The second-order valence-corrected chi connectivity index (χ2v) is 6.16. The van der Waals surface area contributed by atoms with Crippen molar-refractivity contribution in [1.82, 2.24) is 10.2 Å². The number of methoxy groups -OCH3 is 1. The molecule has 1 atom stereocenters. The number of nitrogens with one attached hydrogen (secondary N) is 1. The second-order valence-electron chi connectivity index (χ2n) is 6.16. The lowest BCUT2D eigenvalue weighted by atomic mass is 9.90. The Hall–Kier alpha value is -3.09. The van der Waals surface area contributed by atoms with Crippen LogP contribution >= 0.6 is 0 Å². The Bertz CT molecular complexity index is 880. The topological polar surface area (TPSA) is 102 Å². The second kappa shape index (κ2) is 6.08. The molecule has 3 rings (SSSR count). The molecule has 0 bridgehead atoms. The summed E-state index contributed by atoms with van der Waals surface area (Å²) < 4.78 is 5.21. The summed E-state index contributed by atoms with van der Waals surface area (Å²) in [6.07, 6.45) is -0.0627. The first kappa shape index (κ1) is 16.8. The van der Waals surface area contributed by atoms with Gasteiger partial charge in [-0.15, -0.1) is 0 Å². The van der Waals surface area contributed by atoms with E-state index >= 15 is 0 Å². The number of carbonyl (C=O) groups excluding carboxylic acids is 3. The number of rotatable bonds is 5. The highest BCUT2D eigenvalue weighted by Crippen LogP contribution is 2.32. The molecule has 4 amide bonds. The van der Waals surface area contributed by atoms with Gasteiger partial charge in [0, 0.05) is 13.0 Å². The van der Waals surface area contributed by atoms with E-state index in [0.29, 0.717) is 5.56 Å². The largest absolute Gasteiger partial charge is 0.497 e. The van der Waals surface area contributed by atoms with Crippen LogP contribution in [0.3, 0.4) is 0 Å². The number of benzene rings is 2. The Balaban J connectivity index is 1.94. The van der Waals surface area contributed by atoms with Gasteiger partial charge >= 0.3 is 6.03 Å². The zero-order chi connectivity index (χ0) is 18.2. The first-order valence-corrected chi connectivity index (χ1v) is 7.86. The van der Waals surface area contributed by atoms with Gasteiger partial charge in [0.25, 0.3) is 5.91 Å². The smallest absolute Gasteiger partial charge is 0.325 e. The molecule has 0 radical (unpaired) electrons. The average molecular weight is 341 g/mol. The molecule has 130 valence electrons. The van der Waals surface area contributed by atoms with E-state index in [9.17, 15) is 14.4 Å². The molecule has 1 aliphatic heterocycles. The van der Waals surface area contributed by atoms with Crippen LogP contribution in [0.4, 0.5) is 4.79 Å². The lowest BCUT2D eigenvalue weighted by Gasteiger charge is -2.22. The van der Waals surface area contributed by atoms with E-state index in [1.54, 1.807) is 20.1 Å². The quantitative estimate of drug-likeness (QED) is 0.804. The number of urea groups is 1. The van der Waals surface area contributed by atoms with Gasteiger partial charge in [-0.25, -0.2) is 4.79 Å². The van der Waals surface area contributed by atoms with Crippen molar-refractivity contribution in [3.63, 3.8) is 0 Å². The number of carbonyl (C=O) groups is 3. The number of nitrogens with zero attached hydrogens (tertiary/aromatic N) is 1. The summed E-state index contributed by atoms with van der Waals surface area (Å²) in [5, 5.41) is 4.61. The highest BCUT2D eigenvalue weighted by atomic mass is 16.5. The molecule has 1 aliphatic rings. The molecule has 25 heavy (non-hydrogen) atoms. The number of amides is 4. The summed E-state index contributed by atoms with van der Waals surface area (Å²) >= 11 is 0.